The molecule has 1 aromatic heterocycles. The van der Waals surface area contributed by atoms with E-state index in [-0.39, 0.29) is 24.5 Å². The van der Waals surface area contributed by atoms with Gasteiger partial charge in [0.2, 0.25) is 5.91 Å². The number of esters is 1. The van der Waals surface area contributed by atoms with E-state index in [1.54, 1.807) is 6.92 Å². The number of hydrogen-bond acceptors (Lipinski definition) is 5. The highest BCUT2D eigenvalue weighted by Crippen LogP contribution is 2.38. The van der Waals surface area contributed by atoms with Crippen molar-refractivity contribution in [3.8, 4) is 0 Å². The first-order valence-corrected chi connectivity index (χ1v) is 8.69. The molecule has 1 aliphatic carbocycles. The fourth-order valence-electron chi connectivity index (χ4n) is 2.54. The molecule has 0 fully saturated rings. The Morgan fingerprint density at radius 3 is 2.68 bits per heavy atom. The number of hydrogen-bond donors (Lipinski definition) is 2. The summed E-state index contributed by atoms with van der Waals surface area (Å²) in [6, 6.07) is 0.242. The van der Waals surface area contributed by atoms with Gasteiger partial charge in [0.25, 0.3) is 0 Å². The van der Waals surface area contributed by atoms with Crippen LogP contribution in [0.5, 0.6) is 0 Å². The van der Waals surface area contributed by atoms with E-state index in [0.29, 0.717) is 17.2 Å². The van der Waals surface area contributed by atoms with Crippen LogP contribution < -0.4 is 10.6 Å². The highest BCUT2D eigenvalue weighted by Gasteiger charge is 2.27. The first kappa shape index (κ1) is 17.0. The van der Waals surface area contributed by atoms with Crippen LogP contribution in [0.15, 0.2) is 0 Å². The van der Waals surface area contributed by atoms with Crippen molar-refractivity contribution in [3.05, 3.63) is 16.0 Å². The van der Waals surface area contributed by atoms with E-state index in [1.807, 2.05) is 13.8 Å². The number of carbonyl (C=O) groups is 2. The number of aryl methyl sites for hydroxylation is 1. The topological polar surface area (TPSA) is 67.4 Å². The zero-order valence-electron chi connectivity index (χ0n) is 13.5. The normalized spacial score (nSPS) is 13.8. The van der Waals surface area contributed by atoms with Crippen LogP contribution in [0.2, 0.25) is 0 Å². The van der Waals surface area contributed by atoms with Crippen LogP contribution in [-0.4, -0.2) is 31.1 Å². The van der Waals surface area contributed by atoms with E-state index in [9.17, 15) is 9.59 Å². The lowest BCUT2D eigenvalue weighted by Gasteiger charge is -2.12. The van der Waals surface area contributed by atoms with Crippen LogP contribution in [0.3, 0.4) is 0 Å². The Balaban J connectivity index is 2.20. The van der Waals surface area contributed by atoms with Crippen molar-refractivity contribution in [2.75, 3.05) is 18.5 Å². The number of nitrogens with one attached hydrogen (secondary N) is 2. The molecule has 2 rings (SSSR count). The van der Waals surface area contributed by atoms with Crippen LogP contribution in [0.25, 0.3) is 0 Å². The van der Waals surface area contributed by atoms with Gasteiger partial charge in [0.1, 0.15) is 5.00 Å². The Morgan fingerprint density at radius 2 is 2.00 bits per heavy atom. The third-order valence-corrected chi connectivity index (χ3v) is 4.78. The maximum absolute atomic E-state index is 12.3. The molecule has 122 valence electrons. The molecule has 1 amide bonds. The van der Waals surface area contributed by atoms with Crippen molar-refractivity contribution in [1.82, 2.24) is 5.32 Å². The lowest BCUT2D eigenvalue weighted by atomic mass is 9.95. The average Bonchev–Trinajstić information content (AvgIpc) is 2.83. The van der Waals surface area contributed by atoms with E-state index in [1.165, 1.54) is 16.2 Å². The quantitative estimate of drug-likeness (QED) is 0.790. The van der Waals surface area contributed by atoms with Crippen molar-refractivity contribution in [1.29, 1.82) is 0 Å². The number of carbonyl (C=O) groups excluding carboxylic acids is 2. The standard InChI is InChI=1S/C16H24N2O3S/c1-4-21-16(20)14-11-7-5-6-8-12(11)22-15(14)18-13(19)9-17-10(2)3/h10,17H,4-9H2,1-3H3,(H,18,19). The molecular formula is C16H24N2O3S. The third kappa shape index (κ3) is 4.08. The van der Waals surface area contributed by atoms with Crippen molar-refractivity contribution in [2.24, 2.45) is 0 Å². The smallest absolute Gasteiger partial charge is 0.341 e. The Hall–Kier alpha value is -1.40. The Bertz CT molecular complexity index is 552. The lowest BCUT2D eigenvalue weighted by Crippen LogP contribution is -2.32. The van der Waals surface area contributed by atoms with Gasteiger partial charge in [0.05, 0.1) is 18.7 Å². The second-order valence-corrected chi connectivity index (χ2v) is 6.82. The minimum Gasteiger partial charge on any atom is -0.462 e. The van der Waals surface area contributed by atoms with Crippen molar-refractivity contribution in [3.63, 3.8) is 0 Å². The SMILES string of the molecule is CCOC(=O)c1c(NC(=O)CNC(C)C)sc2c1CCCC2. The van der Waals surface area contributed by atoms with Crippen molar-refractivity contribution in [2.45, 2.75) is 52.5 Å². The van der Waals surface area contributed by atoms with E-state index in [0.717, 1.165) is 31.2 Å². The number of fused-ring (bicyclic) bond motifs is 1. The van der Waals surface area contributed by atoms with E-state index < -0.39 is 0 Å². The molecule has 5 nitrogen and oxygen atoms in total. The summed E-state index contributed by atoms with van der Waals surface area (Å²) in [7, 11) is 0. The van der Waals surface area contributed by atoms with Crippen LogP contribution in [0, 0.1) is 0 Å². The molecule has 0 unspecified atom stereocenters. The zero-order chi connectivity index (χ0) is 16.1. The Morgan fingerprint density at radius 1 is 1.27 bits per heavy atom. The molecule has 22 heavy (non-hydrogen) atoms. The Kier molecular flexibility index (Phi) is 5.97. The minimum atomic E-state index is -0.325. The largest absolute Gasteiger partial charge is 0.462 e. The fourth-order valence-corrected chi connectivity index (χ4v) is 3.83. The summed E-state index contributed by atoms with van der Waals surface area (Å²) in [6.07, 6.45) is 4.09. The van der Waals surface area contributed by atoms with Gasteiger partial charge in [0, 0.05) is 10.9 Å². The average molecular weight is 324 g/mol. The van der Waals surface area contributed by atoms with Gasteiger partial charge in [-0.1, -0.05) is 13.8 Å². The monoisotopic (exact) mass is 324 g/mol. The third-order valence-electron chi connectivity index (χ3n) is 3.57. The predicted molar refractivity (Wildman–Crippen MR) is 88.7 cm³/mol. The van der Waals surface area contributed by atoms with E-state index in [2.05, 4.69) is 10.6 Å². The number of rotatable bonds is 6. The highest BCUT2D eigenvalue weighted by atomic mass is 32.1. The second-order valence-electron chi connectivity index (χ2n) is 5.72. The second kappa shape index (κ2) is 7.74. The number of thiophene rings is 1. The summed E-state index contributed by atoms with van der Waals surface area (Å²) in [5.41, 5.74) is 1.64. The molecule has 6 heteroatoms. The molecule has 2 N–H and O–H groups in total. The molecule has 1 aromatic rings. The molecule has 0 saturated carbocycles. The van der Waals surface area contributed by atoms with Crippen LogP contribution in [0.4, 0.5) is 5.00 Å². The summed E-state index contributed by atoms with van der Waals surface area (Å²) in [4.78, 5) is 25.5. The van der Waals surface area contributed by atoms with E-state index in [4.69, 9.17) is 4.74 Å². The first-order chi connectivity index (χ1) is 10.5. The van der Waals surface area contributed by atoms with Gasteiger partial charge in [-0.05, 0) is 38.2 Å². The van der Waals surface area contributed by atoms with Gasteiger partial charge in [-0.25, -0.2) is 4.79 Å². The lowest BCUT2D eigenvalue weighted by molar-refractivity contribution is -0.115. The summed E-state index contributed by atoms with van der Waals surface area (Å²) in [5, 5.41) is 6.60. The number of amides is 1. The predicted octanol–water partition coefficient (Wildman–Crippen LogP) is 2.74. The molecule has 0 radical (unpaired) electrons. The minimum absolute atomic E-state index is 0.127. The van der Waals surface area contributed by atoms with Gasteiger partial charge in [-0.15, -0.1) is 11.3 Å². The van der Waals surface area contributed by atoms with E-state index >= 15 is 0 Å². The molecule has 0 bridgehead atoms. The molecular weight excluding hydrogens is 300 g/mol. The number of anilines is 1. The molecule has 0 aliphatic heterocycles. The summed E-state index contributed by atoms with van der Waals surface area (Å²) < 4.78 is 5.17. The first-order valence-electron chi connectivity index (χ1n) is 7.87. The summed E-state index contributed by atoms with van der Waals surface area (Å²) in [5.74, 6) is -0.452. The summed E-state index contributed by atoms with van der Waals surface area (Å²) in [6.45, 7) is 6.35. The molecule has 0 atom stereocenters. The Labute approximate surface area is 135 Å². The summed E-state index contributed by atoms with van der Waals surface area (Å²) >= 11 is 1.52. The van der Waals surface area contributed by atoms with Gasteiger partial charge < -0.3 is 15.4 Å². The van der Waals surface area contributed by atoms with Gasteiger partial charge in [-0.2, -0.15) is 0 Å². The zero-order valence-corrected chi connectivity index (χ0v) is 14.3. The van der Waals surface area contributed by atoms with Crippen LogP contribution in [0.1, 0.15) is 54.4 Å². The fraction of sp³-hybridized carbons (Fsp3) is 0.625. The highest BCUT2D eigenvalue weighted by molar-refractivity contribution is 7.17. The molecule has 1 aliphatic rings. The molecule has 0 saturated heterocycles. The van der Waals surface area contributed by atoms with Crippen LogP contribution in [-0.2, 0) is 22.4 Å². The van der Waals surface area contributed by atoms with Gasteiger partial charge in [0.15, 0.2) is 0 Å². The molecule has 0 spiro atoms. The van der Waals surface area contributed by atoms with Crippen molar-refractivity contribution >= 4 is 28.2 Å². The van der Waals surface area contributed by atoms with Gasteiger partial charge >= 0.3 is 5.97 Å². The molecule has 0 aromatic carbocycles. The maximum Gasteiger partial charge on any atom is 0.341 e. The maximum atomic E-state index is 12.3. The molecule has 1 heterocycles. The van der Waals surface area contributed by atoms with Crippen molar-refractivity contribution < 1.29 is 14.3 Å². The van der Waals surface area contributed by atoms with Gasteiger partial charge in [-0.3, -0.25) is 4.79 Å². The number of ether oxygens (including phenoxy) is 1. The van der Waals surface area contributed by atoms with Crippen LogP contribution >= 0.6 is 11.3 Å².